The summed E-state index contributed by atoms with van der Waals surface area (Å²) in [6, 6.07) is 11.6. The molecule has 0 saturated heterocycles. The minimum Gasteiger partial charge on any atom is -0.494 e. The number of hydrogen-bond acceptors (Lipinski definition) is 4. The van der Waals surface area contributed by atoms with Crippen LogP contribution in [0.15, 0.2) is 54.0 Å². The van der Waals surface area contributed by atoms with E-state index in [4.69, 9.17) is 14.2 Å². The Morgan fingerprint density at radius 1 is 1.17 bits per heavy atom. The van der Waals surface area contributed by atoms with E-state index in [0.717, 1.165) is 26.3 Å². The summed E-state index contributed by atoms with van der Waals surface area (Å²) in [6.07, 6.45) is 3.51. The van der Waals surface area contributed by atoms with Gasteiger partial charge in [0.25, 0.3) is 0 Å². The number of aliphatic imine (C=N–C) groups is 1. The van der Waals surface area contributed by atoms with E-state index in [2.05, 4.69) is 34.2 Å². The zero-order valence-electron chi connectivity index (χ0n) is 13.8. The molecule has 24 heavy (non-hydrogen) atoms. The Hall–Kier alpha value is -2.02. The molecule has 0 aliphatic heterocycles. The Bertz CT molecular complexity index is 711. The van der Waals surface area contributed by atoms with Crippen LogP contribution in [0.3, 0.4) is 0 Å². The quantitative estimate of drug-likeness (QED) is 0.331. The second-order valence-corrected chi connectivity index (χ2v) is 5.98. The van der Waals surface area contributed by atoms with Crippen molar-refractivity contribution in [2.75, 3.05) is 20.3 Å². The van der Waals surface area contributed by atoms with Gasteiger partial charge in [0.05, 0.1) is 23.0 Å². The number of hydrogen-bond donors (Lipinski definition) is 0. The third kappa shape index (κ3) is 4.99. The van der Waals surface area contributed by atoms with E-state index in [0.29, 0.717) is 19.0 Å². The molecule has 0 fully saturated rings. The number of rotatable bonds is 8. The van der Waals surface area contributed by atoms with Crippen LogP contribution < -0.4 is 14.2 Å². The fraction of sp³-hybridized carbons (Fsp3) is 0.211. The summed E-state index contributed by atoms with van der Waals surface area (Å²) in [7, 11) is 1.62. The lowest BCUT2D eigenvalue weighted by Gasteiger charge is -2.12. The molecule has 126 valence electrons. The average Bonchev–Trinajstić information content (AvgIpc) is 2.60. The second-order valence-electron chi connectivity index (χ2n) is 4.82. The summed E-state index contributed by atoms with van der Waals surface area (Å²) in [6.45, 7) is 6.71. The Kier molecular flexibility index (Phi) is 7.11. The van der Waals surface area contributed by atoms with Crippen molar-refractivity contribution in [2.45, 2.75) is 6.92 Å². The Morgan fingerprint density at radius 2 is 1.92 bits per heavy atom. The molecule has 5 heteroatoms. The summed E-state index contributed by atoms with van der Waals surface area (Å²) in [5.74, 6) is 2.24. The average molecular weight is 437 g/mol. The summed E-state index contributed by atoms with van der Waals surface area (Å²) in [5.41, 5.74) is 1.80. The maximum atomic E-state index is 5.65. The van der Waals surface area contributed by atoms with E-state index in [1.807, 2.05) is 43.3 Å². The molecule has 0 aliphatic carbocycles. The van der Waals surface area contributed by atoms with Crippen molar-refractivity contribution in [3.05, 3.63) is 58.2 Å². The molecule has 0 atom stereocenters. The minimum atomic E-state index is 0.436. The fourth-order valence-corrected chi connectivity index (χ4v) is 2.82. The van der Waals surface area contributed by atoms with Crippen molar-refractivity contribution in [2.24, 2.45) is 4.99 Å². The van der Waals surface area contributed by atoms with Crippen LogP contribution >= 0.6 is 22.6 Å². The summed E-state index contributed by atoms with van der Waals surface area (Å²) < 4.78 is 17.5. The van der Waals surface area contributed by atoms with Crippen LogP contribution in [0.25, 0.3) is 0 Å². The van der Waals surface area contributed by atoms with Crippen LogP contribution in [0, 0.1) is 3.57 Å². The van der Waals surface area contributed by atoms with E-state index < -0.39 is 0 Å². The molecular weight excluding hydrogens is 417 g/mol. The van der Waals surface area contributed by atoms with Crippen molar-refractivity contribution in [3.63, 3.8) is 0 Å². The van der Waals surface area contributed by atoms with Gasteiger partial charge in [0.15, 0.2) is 11.5 Å². The maximum Gasteiger partial charge on any atom is 0.174 e. The molecule has 0 heterocycles. The predicted molar refractivity (Wildman–Crippen MR) is 106 cm³/mol. The maximum absolute atomic E-state index is 5.65. The second kappa shape index (κ2) is 9.32. The molecule has 4 nitrogen and oxygen atoms in total. The first-order valence-corrected chi connectivity index (χ1v) is 8.64. The smallest absolute Gasteiger partial charge is 0.174 e. The van der Waals surface area contributed by atoms with Gasteiger partial charge in [-0.1, -0.05) is 12.7 Å². The highest BCUT2D eigenvalue weighted by Gasteiger charge is 2.10. The van der Waals surface area contributed by atoms with Crippen LogP contribution in [-0.2, 0) is 0 Å². The third-order valence-corrected chi connectivity index (χ3v) is 3.91. The van der Waals surface area contributed by atoms with Crippen LogP contribution in [0.1, 0.15) is 12.5 Å². The Balaban J connectivity index is 2.19. The summed E-state index contributed by atoms with van der Waals surface area (Å²) >= 11 is 2.23. The molecule has 0 amide bonds. The van der Waals surface area contributed by atoms with Crippen molar-refractivity contribution >= 4 is 34.5 Å². The predicted octanol–water partition coefficient (Wildman–Crippen LogP) is 5.01. The van der Waals surface area contributed by atoms with Gasteiger partial charge < -0.3 is 14.2 Å². The van der Waals surface area contributed by atoms with Gasteiger partial charge >= 0.3 is 0 Å². The molecule has 0 aliphatic rings. The van der Waals surface area contributed by atoms with Gasteiger partial charge in [0.1, 0.15) is 12.4 Å². The Labute approximate surface area is 156 Å². The van der Waals surface area contributed by atoms with Crippen molar-refractivity contribution in [1.29, 1.82) is 0 Å². The van der Waals surface area contributed by atoms with E-state index in [9.17, 15) is 0 Å². The lowest BCUT2D eigenvalue weighted by atomic mass is 10.2. The van der Waals surface area contributed by atoms with Gasteiger partial charge in [-0.25, -0.2) is 0 Å². The van der Waals surface area contributed by atoms with E-state index >= 15 is 0 Å². The molecule has 0 N–H and O–H groups in total. The first-order chi connectivity index (χ1) is 11.7. The monoisotopic (exact) mass is 437 g/mol. The first-order valence-electron chi connectivity index (χ1n) is 7.56. The molecular formula is C19H20INO3. The SMILES string of the molecule is C=CCOc1c(I)cc(C=Nc2ccc(OCC)cc2)cc1OC. The number of ether oxygens (including phenoxy) is 3. The fourth-order valence-electron chi connectivity index (χ4n) is 2.04. The topological polar surface area (TPSA) is 40.0 Å². The molecule has 2 rings (SSSR count). The van der Waals surface area contributed by atoms with E-state index in [-0.39, 0.29) is 0 Å². The van der Waals surface area contributed by atoms with E-state index in [1.165, 1.54) is 0 Å². The molecule has 0 unspecified atom stereocenters. The number of halogens is 1. The third-order valence-electron chi connectivity index (χ3n) is 3.11. The number of benzene rings is 2. The zero-order valence-corrected chi connectivity index (χ0v) is 15.9. The molecule has 2 aromatic carbocycles. The largest absolute Gasteiger partial charge is 0.494 e. The highest BCUT2D eigenvalue weighted by atomic mass is 127. The van der Waals surface area contributed by atoms with Crippen LogP contribution in [-0.4, -0.2) is 26.5 Å². The standard InChI is InChI=1S/C19H20INO3/c1-4-10-24-19-17(20)11-14(12-18(19)22-3)13-21-15-6-8-16(9-7-15)23-5-2/h4,6-9,11-13H,1,5,10H2,2-3H3. The van der Waals surface area contributed by atoms with Gasteiger partial charge in [-0.15, -0.1) is 0 Å². The molecule has 0 radical (unpaired) electrons. The summed E-state index contributed by atoms with van der Waals surface area (Å²) in [4.78, 5) is 4.49. The van der Waals surface area contributed by atoms with Crippen molar-refractivity contribution < 1.29 is 14.2 Å². The van der Waals surface area contributed by atoms with Gasteiger partial charge in [-0.3, -0.25) is 4.99 Å². The molecule has 2 aromatic rings. The normalized spacial score (nSPS) is 10.6. The number of nitrogens with zero attached hydrogens (tertiary/aromatic N) is 1. The highest BCUT2D eigenvalue weighted by Crippen LogP contribution is 2.33. The van der Waals surface area contributed by atoms with E-state index in [1.54, 1.807) is 19.4 Å². The minimum absolute atomic E-state index is 0.436. The van der Waals surface area contributed by atoms with Crippen LogP contribution in [0.5, 0.6) is 17.2 Å². The van der Waals surface area contributed by atoms with Crippen molar-refractivity contribution in [3.8, 4) is 17.2 Å². The molecule has 0 spiro atoms. The lowest BCUT2D eigenvalue weighted by Crippen LogP contribution is -1.99. The molecule has 0 aromatic heterocycles. The zero-order chi connectivity index (χ0) is 17.4. The van der Waals surface area contributed by atoms with Crippen LogP contribution in [0.4, 0.5) is 5.69 Å². The Morgan fingerprint density at radius 3 is 2.54 bits per heavy atom. The van der Waals surface area contributed by atoms with Crippen molar-refractivity contribution in [1.82, 2.24) is 0 Å². The first kappa shape index (κ1) is 18.3. The molecule has 0 saturated carbocycles. The highest BCUT2D eigenvalue weighted by molar-refractivity contribution is 14.1. The van der Waals surface area contributed by atoms with Gasteiger partial charge in [-0.05, 0) is 71.5 Å². The molecule has 0 bridgehead atoms. The van der Waals surface area contributed by atoms with Gasteiger partial charge in [0, 0.05) is 6.21 Å². The van der Waals surface area contributed by atoms with Crippen LogP contribution in [0.2, 0.25) is 0 Å². The number of methoxy groups -OCH3 is 1. The van der Waals surface area contributed by atoms with Gasteiger partial charge in [-0.2, -0.15) is 0 Å². The van der Waals surface area contributed by atoms with Gasteiger partial charge in [0.2, 0.25) is 0 Å². The summed E-state index contributed by atoms with van der Waals surface area (Å²) in [5, 5.41) is 0. The lowest BCUT2D eigenvalue weighted by molar-refractivity contribution is 0.324.